The van der Waals surface area contributed by atoms with E-state index in [-0.39, 0.29) is 5.78 Å². The normalized spacial score (nSPS) is 18.5. The van der Waals surface area contributed by atoms with Crippen molar-refractivity contribution in [3.63, 3.8) is 0 Å². The third-order valence-electron chi connectivity index (χ3n) is 2.47. The van der Waals surface area contributed by atoms with Gasteiger partial charge in [0.1, 0.15) is 0 Å². The second-order valence-electron chi connectivity index (χ2n) is 3.60. The number of ketones is 1. The van der Waals surface area contributed by atoms with Crippen molar-refractivity contribution in [3.05, 3.63) is 39.6 Å². The molecule has 0 aromatic heterocycles. The average Bonchev–Trinajstić information content (AvgIpc) is 2.63. The number of nitrogens with one attached hydrogen (secondary N) is 1. The summed E-state index contributed by atoms with van der Waals surface area (Å²) in [5.74, 6) is 0.285. The van der Waals surface area contributed by atoms with Crippen molar-refractivity contribution in [2.75, 3.05) is 5.32 Å². The SMILES string of the molecule is O=C1CCC/C1=C/Nc1ccc(I)cc1. The van der Waals surface area contributed by atoms with Gasteiger partial charge in [0, 0.05) is 27.5 Å². The molecule has 2 nitrogen and oxygen atoms in total. The van der Waals surface area contributed by atoms with Gasteiger partial charge in [0.05, 0.1) is 0 Å². The van der Waals surface area contributed by atoms with Crippen LogP contribution in [-0.4, -0.2) is 5.78 Å². The zero-order valence-corrected chi connectivity index (χ0v) is 10.5. The summed E-state index contributed by atoms with van der Waals surface area (Å²) in [7, 11) is 0. The van der Waals surface area contributed by atoms with Crippen molar-refractivity contribution in [1.82, 2.24) is 0 Å². The molecule has 78 valence electrons. The van der Waals surface area contributed by atoms with Gasteiger partial charge in [0.25, 0.3) is 0 Å². The molecule has 3 heteroatoms. The largest absolute Gasteiger partial charge is 0.361 e. The fourth-order valence-electron chi connectivity index (χ4n) is 1.61. The average molecular weight is 313 g/mol. The molecule has 0 heterocycles. The molecule has 0 bridgehead atoms. The molecule has 0 saturated heterocycles. The number of halogens is 1. The van der Waals surface area contributed by atoms with Crippen LogP contribution in [-0.2, 0) is 4.79 Å². The third kappa shape index (κ3) is 2.81. The Bertz CT molecular complexity index is 395. The van der Waals surface area contributed by atoms with Crippen LogP contribution in [0.25, 0.3) is 0 Å². The Morgan fingerprint density at radius 3 is 2.53 bits per heavy atom. The van der Waals surface area contributed by atoms with Gasteiger partial charge in [0.2, 0.25) is 0 Å². The molecule has 0 unspecified atom stereocenters. The maximum Gasteiger partial charge on any atom is 0.160 e. The third-order valence-corrected chi connectivity index (χ3v) is 3.18. The fraction of sp³-hybridized carbons (Fsp3) is 0.250. The van der Waals surface area contributed by atoms with E-state index in [0.29, 0.717) is 6.42 Å². The number of hydrogen-bond donors (Lipinski definition) is 1. The molecular formula is C12H12INO. The summed E-state index contributed by atoms with van der Waals surface area (Å²) in [5, 5.41) is 3.16. The van der Waals surface area contributed by atoms with Gasteiger partial charge in [-0.25, -0.2) is 0 Å². The fourth-order valence-corrected chi connectivity index (χ4v) is 1.97. The molecule has 1 saturated carbocycles. The smallest absolute Gasteiger partial charge is 0.160 e. The first-order valence-electron chi connectivity index (χ1n) is 5.00. The molecule has 15 heavy (non-hydrogen) atoms. The topological polar surface area (TPSA) is 29.1 Å². The van der Waals surface area contributed by atoms with Gasteiger partial charge in [0.15, 0.2) is 5.78 Å². The van der Waals surface area contributed by atoms with Crippen LogP contribution < -0.4 is 5.32 Å². The number of benzene rings is 1. The van der Waals surface area contributed by atoms with Crippen molar-refractivity contribution >= 4 is 34.1 Å². The number of hydrogen-bond acceptors (Lipinski definition) is 2. The van der Waals surface area contributed by atoms with Crippen LogP contribution in [0.15, 0.2) is 36.0 Å². The summed E-state index contributed by atoms with van der Waals surface area (Å²) in [6.45, 7) is 0. The Morgan fingerprint density at radius 1 is 1.20 bits per heavy atom. The highest BCUT2D eigenvalue weighted by Crippen LogP contribution is 2.20. The monoisotopic (exact) mass is 313 g/mol. The van der Waals surface area contributed by atoms with Crippen molar-refractivity contribution < 1.29 is 4.79 Å². The maximum absolute atomic E-state index is 11.3. The van der Waals surface area contributed by atoms with E-state index in [0.717, 1.165) is 24.1 Å². The Hall–Kier alpha value is -0.840. The minimum Gasteiger partial charge on any atom is -0.361 e. The van der Waals surface area contributed by atoms with Crippen LogP contribution >= 0.6 is 22.6 Å². The predicted octanol–water partition coefficient (Wildman–Crippen LogP) is 3.34. The summed E-state index contributed by atoms with van der Waals surface area (Å²) in [4.78, 5) is 11.3. The molecule has 0 radical (unpaired) electrons. The van der Waals surface area contributed by atoms with Crippen LogP contribution in [0.5, 0.6) is 0 Å². The number of allylic oxidation sites excluding steroid dienone is 1. The van der Waals surface area contributed by atoms with Gasteiger partial charge >= 0.3 is 0 Å². The molecule has 1 N–H and O–H groups in total. The second-order valence-corrected chi connectivity index (χ2v) is 4.84. The molecule has 1 aliphatic rings. The first kappa shape index (κ1) is 10.7. The number of Topliss-reactive ketones (excluding diaryl/α,β-unsaturated/α-hetero) is 1. The van der Waals surface area contributed by atoms with E-state index < -0.39 is 0 Å². The zero-order valence-electron chi connectivity index (χ0n) is 8.29. The molecule has 1 aromatic carbocycles. The van der Waals surface area contributed by atoms with Gasteiger partial charge in [-0.15, -0.1) is 0 Å². The lowest BCUT2D eigenvalue weighted by atomic mass is 10.2. The van der Waals surface area contributed by atoms with Crippen LogP contribution in [0.3, 0.4) is 0 Å². The standard InChI is InChI=1S/C12H12INO/c13-10-4-6-11(7-5-10)14-8-9-2-1-3-12(9)15/h4-8,14H,1-3H2/b9-8-. The van der Waals surface area contributed by atoms with Crippen molar-refractivity contribution in [2.45, 2.75) is 19.3 Å². The highest BCUT2D eigenvalue weighted by atomic mass is 127. The van der Waals surface area contributed by atoms with Crippen LogP contribution in [0.1, 0.15) is 19.3 Å². The van der Waals surface area contributed by atoms with Gasteiger partial charge in [-0.05, 0) is 59.7 Å². The van der Waals surface area contributed by atoms with Gasteiger partial charge in [-0.3, -0.25) is 4.79 Å². The molecular weight excluding hydrogens is 301 g/mol. The molecule has 0 amide bonds. The Balaban J connectivity index is 2.03. The summed E-state index contributed by atoms with van der Waals surface area (Å²) in [6, 6.07) is 8.10. The lowest BCUT2D eigenvalue weighted by Gasteiger charge is -2.01. The van der Waals surface area contributed by atoms with Gasteiger partial charge in [-0.1, -0.05) is 0 Å². The molecule has 0 aliphatic heterocycles. The lowest BCUT2D eigenvalue weighted by Crippen LogP contribution is -1.96. The molecule has 0 spiro atoms. The highest BCUT2D eigenvalue weighted by Gasteiger charge is 2.16. The van der Waals surface area contributed by atoms with Crippen molar-refractivity contribution in [2.24, 2.45) is 0 Å². The van der Waals surface area contributed by atoms with Crippen LogP contribution in [0, 0.1) is 3.57 Å². The van der Waals surface area contributed by atoms with E-state index in [1.54, 1.807) is 0 Å². The number of rotatable bonds is 2. The van der Waals surface area contributed by atoms with E-state index in [1.165, 1.54) is 3.57 Å². The molecule has 1 aliphatic carbocycles. The van der Waals surface area contributed by atoms with Crippen LogP contribution in [0.4, 0.5) is 5.69 Å². The zero-order chi connectivity index (χ0) is 10.7. The molecule has 0 atom stereocenters. The summed E-state index contributed by atoms with van der Waals surface area (Å²) in [6.07, 6.45) is 4.47. The Morgan fingerprint density at radius 2 is 1.93 bits per heavy atom. The number of anilines is 1. The van der Waals surface area contributed by atoms with E-state index >= 15 is 0 Å². The van der Waals surface area contributed by atoms with Crippen molar-refractivity contribution in [1.29, 1.82) is 0 Å². The second kappa shape index (κ2) is 4.79. The molecule has 2 rings (SSSR count). The van der Waals surface area contributed by atoms with Crippen LogP contribution in [0.2, 0.25) is 0 Å². The van der Waals surface area contributed by atoms with E-state index in [2.05, 4.69) is 27.9 Å². The predicted molar refractivity (Wildman–Crippen MR) is 69.7 cm³/mol. The Kier molecular flexibility index (Phi) is 3.41. The molecule has 1 aromatic rings. The van der Waals surface area contributed by atoms with E-state index in [9.17, 15) is 4.79 Å². The number of carbonyl (C=O) groups is 1. The summed E-state index contributed by atoms with van der Waals surface area (Å²) < 4.78 is 1.21. The van der Waals surface area contributed by atoms with Gasteiger partial charge in [-0.2, -0.15) is 0 Å². The Labute approximate surface area is 103 Å². The molecule has 1 fully saturated rings. The first-order chi connectivity index (χ1) is 7.25. The lowest BCUT2D eigenvalue weighted by molar-refractivity contribution is -0.114. The van der Waals surface area contributed by atoms with Gasteiger partial charge < -0.3 is 5.32 Å². The summed E-state index contributed by atoms with van der Waals surface area (Å²) >= 11 is 2.27. The van der Waals surface area contributed by atoms with E-state index in [4.69, 9.17) is 0 Å². The summed E-state index contributed by atoms with van der Waals surface area (Å²) in [5.41, 5.74) is 1.95. The highest BCUT2D eigenvalue weighted by molar-refractivity contribution is 14.1. The first-order valence-corrected chi connectivity index (χ1v) is 6.08. The number of carbonyl (C=O) groups excluding carboxylic acids is 1. The van der Waals surface area contributed by atoms with Crippen molar-refractivity contribution in [3.8, 4) is 0 Å². The maximum atomic E-state index is 11.3. The minimum atomic E-state index is 0.285. The quantitative estimate of drug-likeness (QED) is 0.670. The van der Waals surface area contributed by atoms with E-state index in [1.807, 2.05) is 30.5 Å². The minimum absolute atomic E-state index is 0.285.